The summed E-state index contributed by atoms with van der Waals surface area (Å²) in [4.78, 5) is 23.7. The van der Waals surface area contributed by atoms with Gasteiger partial charge in [-0.15, -0.1) is 0 Å². The van der Waals surface area contributed by atoms with Gasteiger partial charge in [-0.25, -0.2) is 4.79 Å². The molecule has 1 aliphatic heterocycles. The monoisotopic (exact) mass is 282 g/mol. The summed E-state index contributed by atoms with van der Waals surface area (Å²) in [6, 6.07) is 8.80. The zero-order valence-corrected chi connectivity index (χ0v) is 11.4. The Morgan fingerprint density at radius 1 is 1.14 bits per heavy atom. The standard InChI is InChI=1S/C17H14O4/c1-10-14(18)8-7-12-9-13(17(20)21-16(10)12)15(19)11-5-3-2-4-6-11/h2-10,16,19H,1H3. The molecule has 106 valence electrons. The van der Waals surface area contributed by atoms with E-state index < -0.39 is 18.0 Å². The normalized spacial score (nSPS) is 26.8. The Hall–Kier alpha value is -2.62. The fraction of sp³-hybridized carbons (Fsp3) is 0.176. The second-order valence-corrected chi connectivity index (χ2v) is 5.12. The highest BCUT2D eigenvalue weighted by atomic mass is 16.5. The number of ketones is 1. The molecule has 0 amide bonds. The van der Waals surface area contributed by atoms with Crippen molar-refractivity contribution in [3.63, 3.8) is 0 Å². The first-order valence-electron chi connectivity index (χ1n) is 6.71. The predicted molar refractivity (Wildman–Crippen MR) is 77.3 cm³/mol. The quantitative estimate of drug-likeness (QED) is 0.488. The summed E-state index contributed by atoms with van der Waals surface area (Å²) in [5, 5.41) is 10.3. The van der Waals surface area contributed by atoms with Crippen molar-refractivity contribution in [1.82, 2.24) is 0 Å². The van der Waals surface area contributed by atoms with Gasteiger partial charge >= 0.3 is 5.97 Å². The fourth-order valence-corrected chi connectivity index (χ4v) is 2.48. The minimum atomic E-state index is -0.611. The van der Waals surface area contributed by atoms with Gasteiger partial charge in [0.2, 0.25) is 0 Å². The zero-order chi connectivity index (χ0) is 15.0. The lowest BCUT2D eigenvalue weighted by Crippen LogP contribution is -2.37. The highest BCUT2D eigenvalue weighted by molar-refractivity contribution is 6.02. The third-order valence-electron chi connectivity index (χ3n) is 3.74. The van der Waals surface area contributed by atoms with Crippen LogP contribution in [0.3, 0.4) is 0 Å². The molecule has 1 heterocycles. The molecule has 1 aliphatic carbocycles. The number of carbonyl (C=O) groups is 2. The summed E-state index contributed by atoms with van der Waals surface area (Å²) in [5.41, 5.74) is 1.38. The van der Waals surface area contributed by atoms with E-state index >= 15 is 0 Å². The Labute approximate surface area is 122 Å². The predicted octanol–water partition coefficient (Wildman–Crippen LogP) is 2.58. The van der Waals surface area contributed by atoms with Crippen molar-refractivity contribution in [3.05, 3.63) is 65.3 Å². The van der Waals surface area contributed by atoms with Crippen molar-refractivity contribution < 1.29 is 19.4 Å². The first-order valence-corrected chi connectivity index (χ1v) is 6.71. The van der Waals surface area contributed by atoms with Crippen molar-refractivity contribution in [2.45, 2.75) is 13.0 Å². The Morgan fingerprint density at radius 3 is 2.57 bits per heavy atom. The Morgan fingerprint density at radius 2 is 1.86 bits per heavy atom. The van der Waals surface area contributed by atoms with Gasteiger partial charge < -0.3 is 9.84 Å². The SMILES string of the molecule is CC1C(=O)C=CC2=CC(=C(O)c3ccccc3)C(=O)OC21. The van der Waals surface area contributed by atoms with Crippen molar-refractivity contribution >= 4 is 17.5 Å². The molecule has 2 aliphatic rings. The molecule has 0 spiro atoms. The third kappa shape index (κ3) is 2.29. The molecule has 3 rings (SSSR count). The van der Waals surface area contributed by atoms with Gasteiger partial charge in [-0.05, 0) is 17.7 Å². The summed E-state index contributed by atoms with van der Waals surface area (Å²) in [5.74, 6) is -1.19. The van der Waals surface area contributed by atoms with Crippen molar-refractivity contribution in [2.75, 3.05) is 0 Å². The van der Waals surface area contributed by atoms with Crippen LogP contribution in [0, 0.1) is 5.92 Å². The molecule has 1 aromatic rings. The summed E-state index contributed by atoms with van der Waals surface area (Å²) in [7, 11) is 0. The van der Waals surface area contributed by atoms with E-state index in [0.717, 1.165) is 5.57 Å². The smallest absolute Gasteiger partial charge is 0.342 e. The van der Waals surface area contributed by atoms with E-state index in [0.29, 0.717) is 5.56 Å². The van der Waals surface area contributed by atoms with E-state index in [9.17, 15) is 14.7 Å². The molecule has 0 saturated carbocycles. The van der Waals surface area contributed by atoms with Crippen LogP contribution >= 0.6 is 0 Å². The minimum absolute atomic E-state index is 0.0651. The molecular weight excluding hydrogens is 268 g/mol. The summed E-state index contributed by atoms with van der Waals surface area (Å²) >= 11 is 0. The van der Waals surface area contributed by atoms with Gasteiger partial charge in [0.05, 0.1) is 5.92 Å². The Balaban J connectivity index is 2.08. The van der Waals surface area contributed by atoms with Gasteiger partial charge in [0, 0.05) is 5.56 Å². The number of aliphatic hydroxyl groups is 1. The molecule has 0 aromatic heterocycles. The van der Waals surface area contributed by atoms with Gasteiger partial charge in [0.25, 0.3) is 0 Å². The molecule has 21 heavy (non-hydrogen) atoms. The molecular formula is C17H14O4. The molecule has 0 fully saturated rings. The van der Waals surface area contributed by atoms with Gasteiger partial charge in [-0.1, -0.05) is 43.3 Å². The molecule has 4 nitrogen and oxygen atoms in total. The van der Waals surface area contributed by atoms with Gasteiger partial charge in [0.1, 0.15) is 17.4 Å². The molecule has 1 N–H and O–H groups in total. The largest absolute Gasteiger partial charge is 0.506 e. The van der Waals surface area contributed by atoms with Crippen molar-refractivity contribution in [1.29, 1.82) is 0 Å². The number of aliphatic hydroxyl groups excluding tert-OH is 1. The van der Waals surface area contributed by atoms with Gasteiger partial charge in [0.15, 0.2) is 5.78 Å². The average molecular weight is 282 g/mol. The summed E-state index contributed by atoms with van der Waals surface area (Å²) < 4.78 is 5.33. The maximum absolute atomic E-state index is 12.1. The van der Waals surface area contributed by atoms with E-state index in [1.54, 1.807) is 43.3 Å². The number of carbonyl (C=O) groups excluding carboxylic acids is 2. The maximum Gasteiger partial charge on any atom is 0.342 e. The van der Waals surface area contributed by atoms with Crippen LogP contribution in [0.15, 0.2) is 59.7 Å². The lowest BCUT2D eigenvalue weighted by Gasteiger charge is -2.30. The summed E-state index contributed by atoms with van der Waals surface area (Å²) in [6.07, 6.45) is 4.14. The molecule has 2 unspecified atom stereocenters. The van der Waals surface area contributed by atoms with Crippen molar-refractivity contribution in [3.8, 4) is 0 Å². The van der Waals surface area contributed by atoms with Crippen LogP contribution in [-0.4, -0.2) is 23.0 Å². The Kier molecular flexibility index (Phi) is 3.22. The number of rotatable bonds is 1. The molecule has 1 aromatic carbocycles. The molecule has 0 saturated heterocycles. The second-order valence-electron chi connectivity index (χ2n) is 5.12. The van der Waals surface area contributed by atoms with E-state index in [1.807, 2.05) is 6.07 Å². The first kappa shape index (κ1) is 13.4. The van der Waals surface area contributed by atoms with Crippen LogP contribution in [-0.2, 0) is 14.3 Å². The lowest BCUT2D eigenvalue weighted by atomic mass is 9.85. The van der Waals surface area contributed by atoms with Crippen LogP contribution in [0.5, 0.6) is 0 Å². The van der Waals surface area contributed by atoms with Gasteiger partial charge in [-0.3, -0.25) is 4.79 Å². The first-order chi connectivity index (χ1) is 10.1. The maximum atomic E-state index is 12.1. The highest BCUT2D eigenvalue weighted by Crippen LogP contribution is 2.32. The van der Waals surface area contributed by atoms with E-state index in [-0.39, 0.29) is 17.1 Å². The number of hydrogen-bond donors (Lipinski definition) is 1. The molecule has 2 atom stereocenters. The fourth-order valence-electron chi connectivity index (χ4n) is 2.48. The highest BCUT2D eigenvalue weighted by Gasteiger charge is 2.36. The lowest BCUT2D eigenvalue weighted by molar-refractivity contribution is -0.146. The molecule has 0 bridgehead atoms. The van der Waals surface area contributed by atoms with Gasteiger partial charge in [-0.2, -0.15) is 0 Å². The molecule has 4 heteroatoms. The van der Waals surface area contributed by atoms with Crippen LogP contribution in [0.2, 0.25) is 0 Å². The number of allylic oxidation sites excluding steroid dienone is 1. The topological polar surface area (TPSA) is 63.6 Å². The van der Waals surface area contributed by atoms with E-state index in [4.69, 9.17) is 4.74 Å². The number of fused-ring (bicyclic) bond motifs is 1. The minimum Gasteiger partial charge on any atom is -0.506 e. The second kappa shape index (κ2) is 5.05. The summed E-state index contributed by atoms with van der Waals surface area (Å²) in [6.45, 7) is 1.73. The average Bonchev–Trinajstić information content (AvgIpc) is 2.51. The number of benzene rings is 1. The Bertz CT molecular complexity index is 695. The van der Waals surface area contributed by atoms with E-state index in [1.165, 1.54) is 6.08 Å². The number of hydrogen-bond acceptors (Lipinski definition) is 4. The number of ether oxygens (including phenoxy) is 1. The number of esters is 1. The van der Waals surface area contributed by atoms with E-state index in [2.05, 4.69) is 0 Å². The molecule has 0 radical (unpaired) electrons. The van der Waals surface area contributed by atoms with Crippen LogP contribution in [0.25, 0.3) is 5.76 Å². The third-order valence-corrected chi connectivity index (χ3v) is 3.74. The zero-order valence-electron chi connectivity index (χ0n) is 11.4. The van der Waals surface area contributed by atoms with Crippen LogP contribution in [0.4, 0.5) is 0 Å². The van der Waals surface area contributed by atoms with Crippen molar-refractivity contribution in [2.24, 2.45) is 5.92 Å². The van der Waals surface area contributed by atoms with Crippen LogP contribution in [0.1, 0.15) is 12.5 Å². The van der Waals surface area contributed by atoms with Crippen LogP contribution < -0.4 is 0 Å².